The molecule has 0 radical (unpaired) electrons. The molecule has 1 unspecified atom stereocenters. The van der Waals surface area contributed by atoms with Crippen LogP contribution in [0.25, 0.3) is 0 Å². The first kappa shape index (κ1) is 15.4. The lowest BCUT2D eigenvalue weighted by atomic mass is 9.91. The number of benzene rings is 2. The molecule has 1 heterocycles. The van der Waals surface area contributed by atoms with Crippen molar-refractivity contribution >= 4 is 11.6 Å². The summed E-state index contributed by atoms with van der Waals surface area (Å²) in [6, 6.07) is 14.0. The van der Waals surface area contributed by atoms with Gasteiger partial charge in [0.2, 0.25) is 5.91 Å². The van der Waals surface area contributed by atoms with Gasteiger partial charge in [-0.05, 0) is 42.2 Å². The fourth-order valence-electron chi connectivity index (χ4n) is 2.93. The van der Waals surface area contributed by atoms with Crippen LogP contribution >= 0.6 is 0 Å². The van der Waals surface area contributed by atoms with Crippen molar-refractivity contribution in [2.75, 3.05) is 19.0 Å². The molecule has 2 aromatic carbocycles. The van der Waals surface area contributed by atoms with Crippen LogP contribution in [0.3, 0.4) is 0 Å². The predicted octanol–water partition coefficient (Wildman–Crippen LogP) is 3.45. The van der Waals surface area contributed by atoms with E-state index in [1.807, 2.05) is 24.3 Å². The quantitative estimate of drug-likeness (QED) is 0.941. The summed E-state index contributed by atoms with van der Waals surface area (Å²) in [4.78, 5) is 11.0. The average molecular weight is 311 g/mol. The highest BCUT2D eigenvalue weighted by Gasteiger charge is 2.20. The molecule has 4 nitrogen and oxygen atoms in total. The second-order valence-electron chi connectivity index (χ2n) is 5.94. The average Bonchev–Trinajstić information content (AvgIpc) is 2.55. The van der Waals surface area contributed by atoms with Crippen LogP contribution in [0, 0.1) is 5.92 Å². The van der Waals surface area contributed by atoms with E-state index in [0.717, 1.165) is 30.0 Å². The van der Waals surface area contributed by atoms with Crippen LogP contribution in [0.5, 0.6) is 11.5 Å². The summed E-state index contributed by atoms with van der Waals surface area (Å²) in [6.45, 7) is 2.23. The van der Waals surface area contributed by atoms with Gasteiger partial charge < -0.3 is 14.8 Å². The van der Waals surface area contributed by atoms with Gasteiger partial charge >= 0.3 is 0 Å². The van der Waals surface area contributed by atoms with Gasteiger partial charge in [0, 0.05) is 24.6 Å². The first-order valence-electron chi connectivity index (χ1n) is 7.80. The molecule has 1 aliphatic heterocycles. The third-order valence-electron chi connectivity index (χ3n) is 4.06. The van der Waals surface area contributed by atoms with E-state index in [0.29, 0.717) is 12.5 Å². The SMILES string of the molecule is COc1ccc2c(c1)OCC(Cc1ccc(NC(C)=O)cc1)C2. The molecule has 2 aromatic rings. The predicted molar refractivity (Wildman–Crippen MR) is 90.1 cm³/mol. The van der Waals surface area contributed by atoms with Gasteiger partial charge in [-0.2, -0.15) is 0 Å². The van der Waals surface area contributed by atoms with E-state index in [-0.39, 0.29) is 5.91 Å². The number of amides is 1. The maximum atomic E-state index is 11.0. The highest BCUT2D eigenvalue weighted by atomic mass is 16.5. The molecule has 0 bridgehead atoms. The maximum Gasteiger partial charge on any atom is 0.221 e. The second kappa shape index (κ2) is 6.73. The highest BCUT2D eigenvalue weighted by Crippen LogP contribution is 2.32. The molecular weight excluding hydrogens is 290 g/mol. The summed E-state index contributed by atoms with van der Waals surface area (Å²) in [5.74, 6) is 2.17. The Bertz CT molecular complexity index is 694. The lowest BCUT2D eigenvalue weighted by Crippen LogP contribution is -2.22. The molecule has 120 valence electrons. The summed E-state index contributed by atoms with van der Waals surface area (Å²) >= 11 is 0. The second-order valence-corrected chi connectivity index (χ2v) is 5.94. The van der Waals surface area contributed by atoms with Crippen LogP contribution in [0.2, 0.25) is 0 Å². The highest BCUT2D eigenvalue weighted by molar-refractivity contribution is 5.88. The molecule has 1 N–H and O–H groups in total. The van der Waals surface area contributed by atoms with Gasteiger partial charge in [-0.15, -0.1) is 0 Å². The number of fused-ring (bicyclic) bond motifs is 1. The molecule has 0 spiro atoms. The van der Waals surface area contributed by atoms with Crippen molar-refractivity contribution in [1.29, 1.82) is 0 Å². The van der Waals surface area contributed by atoms with Gasteiger partial charge in [0.25, 0.3) is 0 Å². The van der Waals surface area contributed by atoms with Crippen molar-refractivity contribution in [2.24, 2.45) is 5.92 Å². The van der Waals surface area contributed by atoms with Gasteiger partial charge in [0.05, 0.1) is 13.7 Å². The molecule has 23 heavy (non-hydrogen) atoms. The third kappa shape index (κ3) is 3.83. The van der Waals surface area contributed by atoms with Gasteiger partial charge in [-0.1, -0.05) is 18.2 Å². The number of carbonyl (C=O) groups excluding carboxylic acids is 1. The van der Waals surface area contributed by atoms with E-state index in [1.54, 1.807) is 7.11 Å². The molecule has 1 aliphatic rings. The third-order valence-corrected chi connectivity index (χ3v) is 4.06. The number of anilines is 1. The number of hydrogen-bond acceptors (Lipinski definition) is 3. The van der Waals surface area contributed by atoms with Gasteiger partial charge in [0.15, 0.2) is 0 Å². The monoisotopic (exact) mass is 311 g/mol. The smallest absolute Gasteiger partial charge is 0.221 e. The number of hydrogen-bond donors (Lipinski definition) is 1. The lowest BCUT2D eigenvalue weighted by molar-refractivity contribution is -0.114. The molecule has 1 amide bonds. The Labute approximate surface area is 136 Å². The van der Waals surface area contributed by atoms with Crippen LogP contribution in [0.4, 0.5) is 5.69 Å². The molecule has 0 saturated heterocycles. The van der Waals surface area contributed by atoms with E-state index in [2.05, 4.69) is 23.5 Å². The van der Waals surface area contributed by atoms with E-state index < -0.39 is 0 Å². The maximum absolute atomic E-state index is 11.0. The molecular formula is C19H21NO3. The molecule has 3 rings (SSSR count). The fraction of sp³-hybridized carbons (Fsp3) is 0.316. The first-order chi connectivity index (χ1) is 11.1. The summed E-state index contributed by atoms with van der Waals surface area (Å²) in [7, 11) is 1.66. The first-order valence-corrected chi connectivity index (χ1v) is 7.80. The van der Waals surface area contributed by atoms with Crippen LogP contribution in [-0.2, 0) is 17.6 Å². The van der Waals surface area contributed by atoms with Crippen molar-refractivity contribution < 1.29 is 14.3 Å². The topological polar surface area (TPSA) is 47.6 Å². The Balaban J connectivity index is 1.64. The molecule has 0 fully saturated rings. The van der Waals surface area contributed by atoms with E-state index >= 15 is 0 Å². The van der Waals surface area contributed by atoms with Crippen LogP contribution in [-0.4, -0.2) is 19.6 Å². The van der Waals surface area contributed by atoms with Gasteiger partial charge in [0.1, 0.15) is 11.5 Å². The minimum Gasteiger partial charge on any atom is -0.497 e. The van der Waals surface area contributed by atoms with Crippen molar-refractivity contribution in [3.63, 3.8) is 0 Å². The number of rotatable bonds is 4. The van der Waals surface area contributed by atoms with E-state index in [9.17, 15) is 4.79 Å². The molecule has 4 heteroatoms. The van der Waals surface area contributed by atoms with Crippen molar-refractivity contribution in [2.45, 2.75) is 19.8 Å². The Morgan fingerprint density at radius 3 is 2.74 bits per heavy atom. The Hall–Kier alpha value is -2.49. The van der Waals surface area contributed by atoms with E-state index in [4.69, 9.17) is 9.47 Å². The summed E-state index contributed by atoms with van der Waals surface area (Å²) < 4.78 is 11.1. The summed E-state index contributed by atoms with van der Waals surface area (Å²) in [5.41, 5.74) is 3.32. The molecule has 0 aromatic heterocycles. The number of carbonyl (C=O) groups is 1. The van der Waals surface area contributed by atoms with Crippen molar-refractivity contribution in [3.8, 4) is 11.5 Å². The minimum atomic E-state index is -0.0505. The minimum absolute atomic E-state index is 0.0505. The van der Waals surface area contributed by atoms with E-state index in [1.165, 1.54) is 18.1 Å². The van der Waals surface area contributed by atoms with Gasteiger partial charge in [-0.25, -0.2) is 0 Å². The zero-order valence-corrected chi connectivity index (χ0v) is 13.5. The Kier molecular flexibility index (Phi) is 4.51. The van der Waals surface area contributed by atoms with Crippen LogP contribution in [0.15, 0.2) is 42.5 Å². The largest absolute Gasteiger partial charge is 0.497 e. The molecule has 0 aliphatic carbocycles. The summed E-state index contributed by atoms with van der Waals surface area (Å²) in [5, 5.41) is 2.78. The summed E-state index contributed by atoms with van der Waals surface area (Å²) in [6.07, 6.45) is 1.97. The lowest BCUT2D eigenvalue weighted by Gasteiger charge is -2.25. The number of nitrogens with one attached hydrogen (secondary N) is 1. The Morgan fingerprint density at radius 1 is 1.26 bits per heavy atom. The van der Waals surface area contributed by atoms with Gasteiger partial charge in [-0.3, -0.25) is 4.79 Å². The van der Waals surface area contributed by atoms with Crippen LogP contribution in [0.1, 0.15) is 18.1 Å². The van der Waals surface area contributed by atoms with Crippen molar-refractivity contribution in [1.82, 2.24) is 0 Å². The van der Waals surface area contributed by atoms with Crippen molar-refractivity contribution in [3.05, 3.63) is 53.6 Å². The van der Waals surface area contributed by atoms with Crippen LogP contribution < -0.4 is 14.8 Å². The standard InChI is InChI=1S/C19H21NO3/c1-13(21)20-17-6-3-14(4-7-17)9-15-10-16-5-8-18(22-2)11-19(16)23-12-15/h3-8,11,15H,9-10,12H2,1-2H3,(H,20,21). The molecule has 1 atom stereocenters. The normalized spacial score (nSPS) is 16.2. The molecule has 0 saturated carbocycles. The Morgan fingerprint density at radius 2 is 2.04 bits per heavy atom. The fourth-order valence-corrected chi connectivity index (χ4v) is 2.93. The number of methoxy groups -OCH3 is 1. The zero-order valence-electron chi connectivity index (χ0n) is 13.5. The zero-order chi connectivity index (χ0) is 16.2. The number of ether oxygens (including phenoxy) is 2.